The van der Waals surface area contributed by atoms with E-state index in [-0.39, 0.29) is 12.8 Å². The first-order valence-corrected chi connectivity index (χ1v) is 6.01. The van der Waals surface area contributed by atoms with Crippen molar-refractivity contribution in [2.45, 2.75) is 51.6 Å². The summed E-state index contributed by atoms with van der Waals surface area (Å²) in [7, 11) is 0. The normalized spacial score (nSPS) is 32.0. The van der Waals surface area contributed by atoms with Crippen LogP contribution in [0.5, 0.6) is 0 Å². The molecule has 2 atom stereocenters. The van der Waals surface area contributed by atoms with Crippen LogP contribution in [0.2, 0.25) is 0 Å². The second-order valence-electron chi connectivity index (χ2n) is 6.00. The van der Waals surface area contributed by atoms with Crippen molar-refractivity contribution in [3.8, 4) is 0 Å². The smallest absolute Gasteiger partial charge is 0.405 e. The quantitative estimate of drug-likeness (QED) is 0.804. The van der Waals surface area contributed by atoms with E-state index in [9.17, 15) is 18.7 Å². The Kier molecular flexibility index (Phi) is 3.91. The van der Waals surface area contributed by atoms with Crippen LogP contribution in [0.4, 0.5) is 13.6 Å². The SMILES string of the molecule is CC(C)(C)C1(OC(N)=O)CCC(F)(F)CC1CO. The first-order valence-electron chi connectivity index (χ1n) is 6.01. The third kappa shape index (κ3) is 2.74. The van der Waals surface area contributed by atoms with Crippen LogP contribution in [0.3, 0.4) is 0 Å². The predicted octanol–water partition coefficient (Wildman–Crippen LogP) is 2.29. The molecule has 0 heterocycles. The largest absolute Gasteiger partial charge is 0.442 e. The molecule has 0 saturated heterocycles. The van der Waals surface area contributed by atoms with Crippen molar-refractivity contribution in [2.75, 3.05) is 6.61 Å². The molecule has 18 heavy (non-hydrogen) atoms. The van der Waals surface area contributed by atoms with Gasteiger partial charge in [-0.25, -0.2) is 13.6 Å². The van der Waals surface area contributed by atoms with Crippen LogP contribution in [-0.4, -0.2) is 29.3 Å². The highest BCUT2D eigenvalue weighted by Gasteiger charge is 2.57. The number of halogens is 2. The zero-order chi connectivity index (χ0) is 14.2. The van der Waals surface area contributed by atoms with E-state index in [1.807, 2.05) is 0 Å². The number of aliphatic hydroxyl groups excluding tert-OH is 1. The molecular weight excluding hydrogens is 244 g/mol. The predicted molar refractivity (Wildman–Crippen MR) is 62.2 cm³/mol. The minimum absolute atomic E-state index is 0.00231. The molecule has 0 aliphatic heterocycles. The van der Waals surface area contributed by atoms with Gasteiger partial charge >= 0.3 is 6.09 Å². The zero-order valence-corrected chi connectivity index (χ0v) is 11.0. The summed E-state index contributed by atoms with van der Waals surface area (Å²) >= 11 is 0. The van der Waals surface area contributed by atoms with Crippen LogP contribution in [0.15, 0.2) is 0 Å². The Hall–Kier alpha value is -0.910. The van der Waals surface area contributed by atoms with Crippen molar-refractivity contribution in [1.82, 2.24) is 0 Å². The topological polar surface area (TPSA) is 72.5 Å². The van der Waals surface area contributed by atoms with E-state index < -0.39 is 42.0 Å². The van der Waals surface area contributed by atoms with Gasteiger partial charge in [0.15, 0.2) is 0 Å². The minimum Gasteiger partial charge on any atom is -0.442 e. The van der Waals surface area contributed by atoms with E-state index in [0.29, 0.717) is 0 Å². The van der Waals surface area contributed by atoms with Gasteiger partial charge in [0.2, 0.25) is 5.92 Å². The molecule has 0 spiro atoms. The average molecular weight is 265 g/mol. The number of alkyl halides is 2. The van der Waals surface area contributed by atoms with E-state index in [0.717, 1.165) is 0 Å². The highest BCUT2D eigenvalue weighted by atomic mass is 19.3. The van der Waals surface area contributed by atoms with Crippen molar-refractivity contribution in [2.24, 2.45) is 17.1 Å². The van der Waals surface area contributed by atoms with Crippen molar-refractivity contribution in [1.29, 1.82) is 0 Å². The van der Waals surface area contributed by atoms with Crippen LogP contribution in [0.1, 0.15) is 40.0 Å². The van der Waals surface area contributed by atoms with Gasteiger partial charge in [-0.3, -0.25) is 0 Å². The molecule has 1 amide bonds. The molecule has 2 unspecified atom stereocenters. The number of hydrogen-bond donors (Lipinski definition) is 2. The lowest BCUT2D eigenvalue weighted by Crippen LogP contribution is -2.58. The van der Waals surface area contributed by atoms with E-state index in [1.54, 1.807) is 20.8 Å². The van der Waals surface area contributed by atoms with Gasteiger partial charge in [-0.2, -0.15) is 0 Å². The van der Waals surface area contributed by atoms with Gasteiger partial charge in [-0.1, -0.05) is 20.8 Å². The number of nitrogens with two attached hydrogens (primary N) is 1. The molecule has 1 saturated carbocycles. The van der Waals surface area contributed by atoms with Crippen LogP contribution < -0.4 is 5.73 Å². The molecule has 1 fully saturated rings. The monoisotopic (exact) mass is 265 g/mol. The molecule has 0 aromatic heterocycles. The van der Waals surface area contributed by atoms with Crippen molar-refractivity contribution in [3.63, 3.8) is 0 Å². The molecule has 0 aromatic rings. The molecule has 1 rings (SSSR count). The maximum absolute atomic E-state index is 13.4. The lowest BCUT2D eigenvalue weighted by atomic mass is 9.61. The zero-order valence-electron chi connectivity index (χ0n) is 11.0. The van der Waals surface area contributed by atoms with Gasteiger partial charge in [0, 0.05) is 30.8 Å². The van der Waals surface area contributed by atoms with Crippen LogP contribution in [0.25, 0.3) is 0 Å². The second-order valence-corrected chi connectivity index (χ2v) is 6.00. The van der Waals surface area contributed by atoms with Gasteiger partial charge in [-0.15, -0.1) is 0 Å². The van der Waals surface area contributed by atoms with Crippen molar-refractivity contribution < 1.29 is 23.4 Å². The Labute approximate surface area is 105 Å². The van der Waals surface area contributed by atoms with Crippen LogP contribution >= 0.6 is 0 Å². The molecule has 4 nitrogen and oxygen atoms in total. The number of ether oxygens (including phenoxy) is 1. The summed E-state index contributed by atoms with van der Waals surface area (Å²) in [6, 6.07) is 0. The fourth-order valence-corrected chi connectivity index (χ4v) is 2.87. The highest BCUT2D eigenvalue weighted by molar-refractivity contribution is 5.65. The number of amides is 1. The molecule has 1 aliphatic carbocycles. The number of hydrogen-bond acceptors (Lipinski definition) is 3. The van der Waals surface area contributed by atoms with Gasteiger partial charge < -0.3 is 15.6 Å². The Morgan fingerprint density at radius 3 is 2.39 bits per heavy atom. The number of rotatable bonds is 2. The van der Waals surface area contributed by atoms with Gasteiger partial charge in [0.05, 0.1) is 0 Å². The van der Waals surface area contributed by atoms with Gasteiger partial charge in [-0.05, 0) is 6.42 Å². The molecule has 106 valence electrons. The fourth-order valence-electron chi connectivity index (χ4n) is 2.87. The highest BCUT2D eigenvalue weighted by Crippen LogP contribution is 2.52. The van der Waals surface area contributed by atoms with E-state index in [4.69, 9.17) is 10.5 Å². The summed E-state index contributed by atoms with van der Waals surface area (Å²) in [5.41, 5.74) is 3.34. The molecule has 3 N–H and O–H groups in total. The Morgan fingerprint density at radius 1 is 1.44 bits per heavy atom. The Bertz CT molecular complexity index is 328. The molecule has 0 aromatic carbocycles. The maximum atomic E-state index is 13.4. The molecule has 1 aliphatic rings. The van der Waals surface area contributed by atoms with E-state index in [2.05, 4.69) is 0 Å². The average Bonchev–Trinajstić information content (AvgIpc) is 2.18. The van der Waals surface area contributed by atoms with Gasteiger partial charge in [0.25, 0.3) is 0 Å². The minimum atomic E-state index is -2.83. The first-order chi connectivity index (χ1) is 8.04. The number of aliphatic hydroxyl groups is 1. The lowest BCUT2D eigenvalue weighted by Gasteiger charge is -2.52. The molecule has 0 radical (unpaired) electrons. The van der Waals surface area contributed by atoms with Gasteiger partial charge in [0.1, 0.15) is 5.60 Å². The van der Waals surface area contributed by atoms with Crippen molar-refractivity contribution in [3.05, 3.63) is 0 Å². The van der Waals surface area contributed by atoms with E-state index in [1.165, 1.54) is 0 Å². The fraction of sp³-hybridized carbons (Fsp3) is 0.917. The summed E-state index contributed by atoms with van der Waals surface area (Å²) in [4.78, 5) is 11.1. The third-order valence-electron chi connectivity index (χ3n) is 3.84. The first kappa shape index (κ1) is 15.1. The number of carbonyl (C=O) groups is 1. The summed E-state index contributed by atoms with van der Waals surface area (Å²) in [5, 5.41) is 9.37. The maximum Gasteiger partial charge on any atom is 0.405 e. The summed E-state index contributed by atoms with van der Waals surface area (Å²) < 4.78 is 32.0. The Balaban J connectivity index is 3.13. The molecule has 6 heteroatoms. The van der Waals surface area contributed by atoms with Crippen LogP contribution in [-0.2, 0) is 4.74 Å². The van der Waals surface area contributed by atoms with E-state index >= 15 is 0 Å². The number of carbonyl (C=O) groups excluding carboxylic acids is 1. The number of primary amides is 1. The summed E-state index contributed by atoms with van der Waals surface area (Å²) in [6.07, 6.45) is -1.85. The van der Waals surface area contributed by atoms with Crippen molar-refractivity contribution >= 4 is 6.09 Å². The Morgan fingerprint density at radius 2 is 2.00 bits per heavy atom. The van der Waals surface area contributed by atoms with Crippen LogP contribution in [0, 0.1) is 11.3 Å². The summed E-state index contributed by atoms with van der Waals surface area (Å²) in [6.45, 7) is 4.92. The second kappa shape index (κ2) is 4.64. The molecular formula is C12H21F2NO3. The lowest BCUT2D eigenvalue weighted by molar-refractivity contribution is -0.190. The summed E-state index contributed by atoms with van der Waals surface area (Å²) in [5.74, 6) is -3.64. The molecule has 0 bridgehead atoms. The third-order valence-corrected chi connectivity index (χ3v) is 3.84. The standard InChI is InChI=1S/C12H21F2NO3/c1-10(2,3)12(18-9(15)17)5-4-11(13,14)6-8(12)7-16/h8,16H,4-7H2,1-3H3,(H2,15,17).